The van der Waals surface area contributed by atoms with Crippen LogP contribution < -0.4 is 5.32 Å². The standard InChI is InChI=1S/C15H14Cl2FN/c1-10(11-4-2-6-13(16)8-11)19-9-12-5-3-7-14(18)15(12)17/h2-8,10,19H,9H2,1H3. The van der Waals surface area contributed by atoms with E-state index in [1.165, 1.54) is 6.07 Å². The van der Waals surface area contributed by atoms with Crippen LogP contribution in [0.3, 0.4) is 0 Å². The lowest BCUT2D eigenvalue weighted by Gasteiger charge is -2.15. The van der Waals surface area contributed by atoms with Gasteiger partial charge in [-0.1, -0.05) is 47.5 Å². The van der Waals surface area contributed by atoms with Gasteiger partial charge in [-0.25, -0.2) is 4.39 Å². The molecule has 0 saturated carbocycles. The van der Waals surface area contributed by atoms with E-state index >= 15 is 0 Å². The molecule has 0 heterocycles. The monoisotopic (exact) mass is 297 g/mol. The third kappa shape index (κ3) is 3.69. The second-order valence-electron chi connectivity index (χ2n) is 4.37. The van der Waals surface area contributed by atoms with E-state index in [1.807, 2.05) is 37.3 Å². The van der Waals surface area contributed by atoms with Crippen LogP contribution in [0.1, 0.15) is 24.1 Å². The van der Waals surface area contributed by atoms with E-state index in [1.54, 1.807) is 6.07 Å². The van der Waals surface area contributed by atoms with E-state index in [2.05, 4.69) is 5.32 Å². The highest BCUT2D eigenvalue weighted by Gasteiger charge is 2.09. The normalized spacial score (nSPS) is 12.4. The Bertz CT molecular complexity index is 572. The zero-order valence-corrected chi connectivity index (χ0v) is 12.0. The Morgan fingerprint density at radius 1 is 1.16 bits per heavy atom. The third-order valence-electron chi connectivity index (χ3n) is 2.98. The molecule has 1 N–H and O–H groups in total. The fourth-order valence-electron chi connectivity index (χ4n) is 1.84. The van der Waals surface area contributed by atoms with Crippen LogP contribution >= 0.6 is 23.2 Å². The molecule has 2 aromatic carbocycles. The summed E-state index contributed by atoms with van der Waals surface area (Å²) in [6, 6.07) is 12.6. The lowest BCUT2D eigenvalue weighted by Crippen LogP contribution is -2.18. The number of rotatable bonds is 4. The molecule has 2 rings (SSSR count). The van der Waals surface area contributed by atoms with Gasteiger partial charge >= 0.3 is 0 Å². The fourth-order valence-corrected chi connectivity index (χ4v) is 2.23. The number of nitrogens with one attached hydrogen (secondary N) is 1. The summed E-state index contributed by atoms with van der Waals surface area (Å²) in [4.78, 5) is 0. The quantitative estimate of drug-likeness (QED) is 0.839. The predicted octanol–water partition coefficient (Wildman–Crippen LogP) is 4.98. The van der Waals surface area contributed by atoms with E-state index in [0.29, 0.717) is 11.6 Å². The van der Waals surface area contributed by atoms with Gasteiger partial charge in [0.05, 0.1) is 5.02 Å². The Labute approximate surface area is 122 Å². The first-order valence-electron chi connectivity index (χ1n) is 5.99. The number of hydrogen-bond acceptors (Lipinski definition) is 1. The average molecular weight is 298 g/mol. The molecule has 0 bridgehead atoms. The van der Waals surface area contributed by atoms with Crippen molar-refractivity contribution in [3.8, 4) is 0 Å². The fraction of sp³-hybridized carbons (Fsp3) is 0.200. The van der Waals surface area contributed by atoms with E-state index in [0.717, 1.165) is 11.1 Å². The van der Waals surface area contributed by atoms with Gasteiger partial charge in [0.2, 0.25) is 0 Å². The van der Waals surface area contributed by atoms with Gasteiger partial charge in [-0.05, 0) is 36.2 Å². The van der Waals surface area contributed by atoms with Gasteiger partial charge in [-0.2, -0.15) is 0 Å². The molecule has 100 valence electrons. The molecule has 0 spiro atoms. The molecular weight excluding hydrogens is 284 g/mol. The van der Waals surface area contributed by atoms with Crippen LogP contribution in [0.5, 0.6) is 0 Å². The summed E-state index contributed by atoms with van der Waals surface area (Å²) in [5, 5.41) is 4.18. The summed E-state index contributed by atoms with van der Waals surface area (Å²) >= 11 is 11.9. The van der Waals surface area contributed by atoms with Crippen LogP contribution in [-0.4, -0.2) is 0 Å². The van der Waals surface area contributed by atoms with Crippen molar-refractivity contribution < 1.29 is 4.39 Å². The van der Waals surface area contributed by atoms with Crippen LogP contribution in [-0.2, 0) is 6.54 Å². The molecule has 4 heteroatoms. The van der Waals surface area contributed by atoms with Crippen LogP contribution in [0.2, 0.25) is 10.0 Å². The molecule has 0 radical (unpaired) electrons. The molecule has 0 aliphatic heterocycles. The summed E-state index contributed by atoms with van der Waals surface area (Å²) in [5.41, 5.74) is 1.83. The second kappa shape index (κ2) is 6.38. The van der Waals surface area contributed by atoms with Crippen molar-refractivity contribution in [3.05, 3.63) is 69.5 Å². The minimum atomic E-state index is -0.392. The van der Waals surface area contributed by atoms with Gasteiger partial charge < -0.3 is 5.32 Å². The highest BCUT2D eigenvalue weighted by molar-refractivity contribution is 6.31. The minimum absolute atomic E-state index is 0.109. The van der Waals surface area contributed by atoms with Gasteiger partial charge in [0.15, 0.2) is 0 Å². The molecule has 19 heavy (non-hydrogen) atoms. The predicted molar refractivity (Wildman–Crippen MR) is 78.1 cm³/mol. The van der Waals surface area contributed by atoms with Gasteiger partial charge in [-0.15, -0.1) is 0 Å². The van der Waals surface area contributed by atoms with Crippen molar-refractivity contribution in [3.63, 3.8) is 0 Å². The van der Waals surface area contributed by atoms with Crippen molar-refractivity contribution in [2.24, 2.45) is 0 Å². The van der Waals surface area contributed by atoms with Crippen molar-refractivity contribution in [1.29, 1.82) is 0 Å². The molecule has 1 unspecified atom stereocenters. The summed E-state index contributed by atoms with van der Waals surface area (Å²) < 4.78 is 13.3. The first-order chi connectivity index (χ1) is 9.08. The van der Waals surface area contributed by atoms with Crippen molar-refractivity contribution in [1.82, 2.24) is 5.32 Å². The van der Waals surface area contributed by atoms with Crippen LogP contribution in [0.15, 0.2) is 42.5 Å². The molecule has 0 aliphatic carbocycles. The Morgan fingerprint density at radius 3 is 2.63 bits per heavy atom. The lowest BCUT2D eigenvalue weighted by atomic mass is 10.1. The molecule has 0 aliphatic rings. The van der Waals surface area contributed by atoms with E-state index in [-0.39, 0.29) is 11.1 Å². The molecule has 1 nitrogen and oxygen atoms in total. The first kappa shape index (κ1) is 14.3. The molecule has 1 atom stereocenters. The average Bonchev–Trinajstić information content (AvgIpc) is 2.40. The third-order valence-corrected chi connectivity index (χ3v) is 3.64. The van der Waals surface area contributed by atoms with Crippen molar-refractivity contribution in [2.75, 3.05) is 0 Å². The zero-order valence-electron chi connectivity index (χ0n) is 10.5. The van der Waals surface area contributed by atoms with Crippen molar-refractivity contribution >= 4 is 23.2 Å². The zero-order chi connectivity index (χ0) is 13.8. The van der Waals surface area contributed by atoms with E-state index in [9.17, 15) is 4.39 Å². The Balaban J connectivity index is 2.04. The summed E-state index contributed by atoms with van der Waals surface area (Å²) in [6.45, 7) is 2.53. The summed E-state index contributed by atoms with van der Waals surface area (Å²) in [7, 11) is 0. The van der Waals surface area contributed by atoms with E-state index < -0.39 is 5.82 Å². The van der Waals surface area contributed by atoms with Gasteiger partial charge in [-0.3, -0.25) is 0 Å². The summed E-state index contributed by atoms with van der Waals surface area (Å²) in [6.07, 6.45) is 0. The maximum absolute atomic E-state index is 13.3. The molecule has 0 aromatic heterocycles. The van der Waals surface area contributed by atoms with E-state index in [4.69, 9.17) is 23.2 Å². The number of halogens is 3. The maximum Gasteiger partial charge on any atom is 0.142 e. The lowest BCUT2D eigenvalue weighted by molar-refractivity contribution is 0.569. The molecular formula is C15H14Cl2FN. The van der Waals surface area contributed by atoms with Crippen molar-refractivity contribution in [2.45, 2.75) is 19.5 Å². The van der Waals surface area contributed by atoms with Gasteiger partial charge in [0.1, 0.15) is 5.82 Å². The van der Waals surface area contributed by atoms with Gasteiger partial charge in [0.25, 0.3) is 0 Å². The number of benzene rings is 2. The Morgan fingerprint density at radius 2 is 1.89 bits per heavy atom. The highest BCUT2D eigenvalue weighted by Crippen LogP contribution is 2.21. The highest BCUT2D eigenvalue weighted by atomic mass is 35.5. The minimum Gasteiger partial charge on any atom is -0.306 e. The van der Waals surface area contributed by atoms with Crippen LogP contribution in [0.25, 0.3) is 0 Å². The molecule has 0 amide bonds. The topological polar surface area (TPSA) is 12.0 Å². The van der Waals surface area contributed by atoms with Crippen LogP contribution in [0.4, 0.5) is 4.39 Å². The molecule has 2 aromatic rings. The smallest absolute Gasteiger partial charge is 0.142 e. The SMILES string of the molecule is CC(NCc1cccc(F)c1Cl)c1cccc(Cl)c1. The summed E-state index contributed by atoms with van der Waals surface area (Å²) in [5.74, 6) is -0.392. The molecule has 0 saturated heterocycles. The Hall–Kier alpha value is -1.09. The van der Waals surface area contributed by atoms with Gasteiger partial charge in [0, 0.05) is 17.6 Å². The van der Waals surface area contributed by atoms with Crippen LogP contribution in [0, 0.1) is 5.82 Å². The Kier molecular flexibility index (Phi) is 4.81. The largest absolute Gasteiger partial charge is 0.306 e. The first-order valence-corrected chi connectivity index (χ1v) is 6.75. The second-order valence-corrected chi connectivity index (χ2v) is 5.18. The molecule has 0 fully saturated rings. The maximum atomic E-state index is 13.3. The number of hydrogen-bond donors (Lipinski definition) is 1.